The molecule has 0 saturated carbocycles. The fraction of sp³-hybridized carbons (Fsp3) is 0.400. The van der Waals surface area contributed by atoms with E-state index < -0.39 is 0 Å². The molecule has 3 nitrogen and oxygen atoms in total. The largest absolute Gasteiger partial charge is 0.471 e. The molecule has 2 aromatic rings. The van der Waals surface area contributed by atoms with Gasteiger partial charge in [0.1, 0.15) is 5.60 Å². The summed E-state index contributed by atoms with van der Waals surface area (Å²) in [5.41, 5.74) is 1.81. The molecule has 3 heteroatoms. The summed E-state index contributed by atoms with van der Waals surface area (Å²) < 4.78 is 5.96. The third kappa shape index (κ3) is 2.55. The van der Waals surface area contributed by atoms with Crippen molar-refractivity contribution in [1.29, 1.82) is 0 Å². The monoisotopic (exact) mass is 244 g/mol. The first kappa shape index (κ1) is 12.7. The number of ether oxygens (including phenoxy) is 1. The molecule has 1 aromatic heterocycles. The average molecular weight is 244 g/mol. The van der Waals surface area contributed by atoms with Crippen molar-refractivity contribution in [2.75, 3.05) is 12.4 Å². The molecule has 0 amide bonds. The van der Waals surface area contributed by atoms with E-state index in [0.29, 0.717) is 5.88 Å². The topological polar surface area (TPSA) is 34.1 Å². The molecule has 1 heterocycles. The fourth-order valence-electron chi connectivity index (χ4n) is 1.95. The van der Waals surface area contributed by atoms with E-state index in [1.165, 1.54) is 0 Å². The van der Waals surface area contributed by atoms with Crippen LogP contribution >= 0.6 is 0 Å². The first-order chi connectivity index (χ1) is 8.40. The van der Waals surface area contributed by atoms with E-state index in [2.05, 4.69) is 22.4 Å². The number of rotatable bonds is 2. The number of pyridine rings is 1. The first-order valence-electron chi connectivity index (χ1n) is 6.18. The summed E-state index contributed by atoms with van der Waals surface area (Å²) in [6.07, 6.45) is 0. The van der Waals surface area contributed by atoms with Gasteiger partial charge >= 0.3 is 0 Å². The highest BCUT2D eigenvalue weighted by Gasteiger charge is 2.16. The molecule has 0 fully saturated rings. The second-order valence-corrected chi connectivity index (χ2v) is 5.43. The van der Waals surface area contributed by atoms with Gasteiger partial charge in [-0.2, -0.15) is 0 Å². The van der Waals surface area contributed by atoms with Gasteiger partial charge in [0.25, 0.3) is 0 Å². The lowest BCUT2D eigenvalue weighted by Crippen LogP contribution is -2.23. The molecular formula is C15H20N2O. The number of anilines is 1. The van der Waals surface area contributed by atoms with Crippen molar-refractivity contribution in [3.63, 3.8) is 0 Å². The van der Waals surface area contributed by atoms with Crippen LogP contribution in [-0.2, 0) is 0 Å². The lowest BCUT2D eigenvalue weighted by atomic mass is 10.1. The van der Waals surface area contributed by atoms with E-state index in [-0.39, 0.29) is 5.60 Å². The van der Waals surface area contributed by atoms with E-state index in [9.17, 15) is 0 Å². The number of aryl methyl sites for hydroxylation is 1. The fourth-order valence-corrected chi connectivity index (χ4v) is 1.95. The Balaban J connectivity index is 2.66. The Morgan fingerprint density at radius 3 is 2.50 bits per heavy atom. The number of aromatic nitrogens is 1. The highest BCUT2D eigenvalue weighted by molar-refractivity contribution is 5.97. The minimum Gasteiger partial charge on any atom is -0.471 e. The molecule has 2 rings (SSSR count). The lowest BCUT2D eigenvalue weighted by Gasteiger charge is -2.22. The molecule has 0 aliphatic heterocycles. The summed E-state index contributed by atoms with van der Waals surface area (Å²) in [6, 6.07) is 8.20. The van der Waals surface area contributed by atoms with Crippen LogP contribution in [0.2, 0.25) is 0 Å². The number of hydrogen-bond acceptors (Lipinski definition) is 3. The highest BCUT2D eigenvalue weighted by atomic mass is 16.5. The zero-order valence-electron chi connectivity index (χ0n) is 11.7. The van der Waals surface area contributed by atoms with Crippen LogP contribution in [0.25, 0.3) is 10.8 Å². The van der Waals surface area contributed by atoms with Crippen molar-refractivity contribution < 1.29 is 4.74 Å². The van der Waals surface area contributed by atoms with Crippen molar-refractivity contribution in [2.45, 2.75) is 33.3 Å². The number of nitrogens with one attached hydrogen (secondary N) is 1. The molecule has 1 aromatic carbocycles. The van der Waals surface area contributed by atoms with Crippen LogP contribution in [0.3, 0.4) is 0 Å². The van der Waals surface area contributed by atoms with Gasteiger partial charge in [0, 0.05) is 29.2 Å². The molecule has 0 radical (unpaired) electrons. The quantitative estimate of drug-likeness (QED) is 0.873. The minimum absolute atomic E-state index is 0.247. The van der Waals surface area contributed by atoms with Crippen molar-refractivity contribution in [1.82, 2.24) is 4.98 Å². The van der Waals surface area contributed by atoms with E-state index in [0.717, 1.165) is 22.2 Å². The van der Waals surface area contributed by atoms with Gasteiger partial charge in [-0.25, -0.2) is 4.98 Å². The van der Waals surface area contributed by atoms with Crippen LogP contribution in [0.15, 0.2) is 24.3 Å². The Bertz CT molecular complexity index is 570. The summed E-state index contributed by atoms with van der Waals surface area (Å²) in [4.78, 5) is 4.51. The van der Waals surface area contributed by atoms with Gasteiger partial charge in [-0.1, -0.05) is 6.07 Å². The van der Waals surface area contributed by atoms with Gasteiger partial charge in [-0.3, -0.25) is 0 Å². The molecule has 1 N–H and O–H groups in total. The third-order valence-electron chi connectivity index (χ3n) is 2.64. The number of benzene rings is 1. The first-order valence-corrected chi connectivity index (χ1v) is 6.18. The van der Waals surface area contributed by atoms with Crippen LogP contribution in [0.4, 0.5) is 5.69 Å². The summed E-state index contributed by atoms with van der Waals surface area (Å²) in [6.45, 7) is 8.09. The van der Waals surface area contributed by atoms with E-state index >= 15 is 0 Å². The molecule has 18 heavy (non-hydrogen) atoms. The van der Waals surface area contributed by atoms with Crippen LogP contribution in [0, 0.1) is 6.92 Å². The SMILES string of the molecule is CNc1cccc2c(OC(C)(C)C)nc(C)cc12. The Hall–Kier alpha value is -1.77. The number of fused-ring (bicyclic) bond motifs is 1. The second-order valence-electron chi connectivity index (χ2n) is 5.43. The second kappa shape index (κ2) is 4.48. The minimum atomic E-state index is -0.247. The maximum atomic E-state index is 5.96. The number of hydrogen-bond donors (Lipinski definition) is 1. The molecule has 0 aliphatic carbocycles. The van der Waals surface area contributed by atoms with Crippen molar-refractivity contribution >= 4 is 16.5 Å². The Kier molecular flexibility index (Phi) is 3.16. The predicted octanol–water partition coefficient (Wildman–Crippen LogP) is 3.76. The van der Waals surface area contributed by atoms with Crippen molar-refractivity contribution in [2.24, 2.45) is 0 Å². The molecule has 96 valence electrons. The molecule has 0 spiro atoms. The summed E-state index contributed by atoms with van der Waals surface area (Å²) >= 11 is 0. The molecular weight excluding hydrogens is 224 g/mol. The standard InChI is InChI=1S/C15H20N2O/c1-10-9-12-11(7-6-8-13(12)16-5)14(17-10)18-15(2,3)4/h6-9,16H,1-5H3. The van der Waals surface area contributed by atoms with E-state index in [4.69, 9.17) is 4.74 Å². The smallest absolute Gasteiger partial charge is 0.222 e. The average Bonchev–Trinajstić information content (AvgIpc) is 2.26. The third-order valence-corrected chi connectivity index (χ3v) is 2.64. The van der Waals surface area contributed by atoms with Gasteiger partial charge in [-0.15, -0.1) is 0 Å². The summed E-state index contributed by atoms with van der Waals surface area (Å²) in [5, 5.41) is 5.39. The maximum absolute atomic E-state index is 5.96. The normalized spacial score (nSPS) is 11.6. The molecule has 0 unspecified atom stereocenters. The highest BCUT2D eigenvalue weighted by Crippen LogP contribution is 2.31. The van der Waals surface area contributed by atoms with Gasteiger partial charge in [0.2, 0.25) is 5.88 Å². The van der Waals surface area contributed by atoms with Gasteiger partial charge in [0.05, 0.1) is 0 Å². The summed E-state index contributed by atoms with van der Waals surface area (Å²) in [7, 11) is 1.93. The van der Waals surface area contributed by atoms with E-state index in [1.807, 2.05) is 46.9 Å². The number of nitrogens with zero attached hydrogens (tertiary/aromatic N) is 1. The van der Waals surface area contributed by atoms with Gasteiger partial charge in [0.15, 0.2) is 0 Å². The zero-order chi connectivity index (χ0) is 13.3. The predicted molar refractivity (Wildman–Crippen MR) is 76.4 cm³/mol. The summed E-state index contributed by atoms with van der Waals surface area (Å²) in [5.74, 6) is 0.703. The maximum Gasteiger partial charge on any atom is 0.222 e. The zero-order valence-corrected chi connectivity index (χ0v) is 11.7. The van der Waals surface area contributed by atoms with Crippen LogP contribution in [-0.4, -0.2) is 17.6 Å². The lowest BCUT2D eigenvalue weighted by molar-refractivity contribution is 0.126. The Labute approximate surface area is 108 Å². The molecule has 0 aliphatic rings. The van der Waals surface area contributed by atoms with Crippen molar-refractivity contribution in [3.8, 4) is 5.88 Å². The van der Waals surface area contributed by atoms with Crippen LogP contribution < -0.4 is 10.1 Å². The Morgan fingerprint density at radius 1 is 1.17 bits per heavy atom. The molecule has 0 bridgehead atoms. The molecule has 0 saturated heterocycles. The van der Waals surface area contributed by atoms with Gasteiger partial charge < -0.3 is 10.1 Å². The van der Waals surface area contributed by atoms with Crippen molar-refractivity contribution in [3.05, 3.63) is 30.0 Å². The van der Waals surface area contributed by atoms with Crippen LogP contribution in [0.5, 0.6) is 5.88 Å². The van der Waals surface area contributed by atoms with Crippen LogP contribution in [0.1, 0.15) is 26.5 Å². The Morgan fingerprint density at radius 2 is 1.89 bits per heavy atom. The van der Waals surface area contributed by atoms with E-state index in [1.54, 1.807) is 0 Å². The van der Waals surface area contributed by atoms with Gasteiger partial charge in [-0.05, 0) is 45.9 Å². The molecule has 0 atom stereocenters.